The highest BCUT2D eigenvalue weighted by molar-refractivity contribution is 7.99. The Labute approximate surface area is 140 Å². The highest BCUT2D eigenvalue weighted by Crippen LogP contribution is 2.28. The molecule has 3 rings (SSSR count). The molecule has 5 nitrogen and oxygen atoms in total. The van der Waals surface area contributed by atoms with Crippen LogP contribution >= 0.6 is 11.8 Å². The number of fused-ring (bicyclic) bond motifs is 1. The monoisotopic (exact) mass is 334 g/mol. The third kappa shape index (κ3) is 3.99. The Morgan fingerprint density at radius 3 is 2.96 bits per heavy atom. The summed E-state index contributed by atoms with van der Waals surface area (Å²) in [7, 11) is 0. The van der Waals surface area contributed by atoms with Gasteiger partial charge in [0.1, 0.15) is 11.1 Å². The van der Waals surface area contributed by atoms with E-state index in [2.05, 4.69) is 4.98 Å². The molecule has 0 radical (unpaired) electrons. The standard InChI is InChI=1S/C17H22N2O3S/c1-17(2,3)22-16(20)19-10-6-7-12(19)11-23-15-18-13-8-4-5-9-14(13)21-15/h4-5,8-9,12H,6-7,10-11H2,1-3H3/t12-/m0/s1. The van der Waals surface area contributed by atoms with E-state index in [-0.39, 0.29) is 12.1 Å². The Bertz CT molecular complexity index is 659. The van der Waals surface area contributed by atoms with Gasteiger partial charge in [0.25, 0.3) is 5.22 Å². The maximum absolute atomic E-state index is 12.3. The number of benzene rings is 1. The molecule has 1 aliphatic heterocycles. The van der Waals surface area contributed by atoms with Crippen LogP contribution in [0.15, 0.2) is 33.9 Å². The maximum Gasteiger partial charge on any atom is 0.410 e. The Hall–Kier alpha value is -1.69. The van der Waals surface area contributed by atoms with Crippen molar-refractivity contribution >= 4 is 29.0 Å². The summed E-state index contributed by atoms with van der Waals surface area (Å²) in [6.07, 6.45) is 1.78. The molecule has 1 fully saturated rings. The van der Waals surface area contributed by atoms with Crippen LogP contribution in [0.2, 0.25) is 0 Å². The van der Waals surface area contributed by atoms with Crippen molar-refractivity contribution < 1.29 is 13.9 Å². The maximum atomic E-state index is 12.3. The topological polar surface area (TPSA) is 55.6 Å². The molecule has 6 heteroatoms. The summed E-state index contributed by atoms with van der Waals surface area (Å²) in [5.41, 5.74) is 1.20. The first-order valence-electron chi connectivity index (χ1n) is 7.90. The van der Waals surface area contributed by atoms with Gasteiger partial charge in [0.2, 0.25) is 0 Å². The largest absolute Gasteiger partial charge is 0.444 e. The molecule has 1 aliphatic rings. The van der Waals surface area contributed by atoms with Crippen molar-refractivity contribution in [2.24, 2.45) is 0 Å². The second-order valence-electron chi connectivity index (χ2n) is 6.73. The molecule has 1 atom stereocenters. The average Bonchev–Trinajstić information content (AvgIpc) is 3.09. The Balaban J connectivity index is 1.61. The quantitative estimate of drug-likeness (QED) is 0.783. The van der Waals surface area contributed by atoms with Gasteiger partial charge in [-0.2, -0.15) is 0 Å². The molecule has 0 unspecified atom stereocenters. The first-order chi connectivity index (χ1) is 10.9. The minimum Gasteiger partial charge on any atom is -0.444 e. The normalized spacial score (nSPS) is 18.6. The van der Waals surface area contributed by atoms with Gasteiger partial charge in [-0.1, -0.05) is 23.9 Å². The fraction of sp³-hybridized carbons (Fsp3) is 0.529. The van der Waals surface area contributed by atoms with Crippen molar-refractivity contribution in [3.8, 4) is 0 Å². The van der Waals surface area contributed by atoms with Crippen LogP contribution in [0.4, 0.5) is 4.79 Å². The van der Waals surface area contributed by atoms with Gasteiger partial charge < -0.3 is 14.1 Å². The van der Waals surface area contributed by atoms with E-state index in [1.54, 1.807) is 11.8 Å². The van der Waals surface area contributed by atoms with E-state index in [1.165, 1.54) is 0 Å². The molecule has 0 spiro atoms. The number of rotatable bonds is 3. The number of likely N-dealkylation sites (tertiary alicyclic amines) is 1. The molecule has 0 N–H and O–H groups in total. The van der Waals surface area contributed by atoms with Crippen LogP contribution < -0.4 is 0 Å². The lowest BCUT2D eigenvalue weighted by molar-refractivity contribution is 0.0242. The van der Waals surface area contributed by atoms with Crippen molar-refractivity contribution in [3.63, 3.8) is 0 Å². The van der Waals surface area contributed by atoms with Crippen LogP contribution in [-0.2, 0) is 4.74 Å². The molecule has 0 saturated carbocycles. The van der Waals surface area contributed by atoms with E-state index >= 15 is 0 Å². The van der Waals surface area contributed by atoms with Gasteiger partial charge in [0.05, 0.1) is 0 Å². The van der Waals surface area contributed by atoms with E-state index in [9.17, 15) is 4.79 Å². The molecule has 1 aromatic carbocycles. The van der Waals surface area contributed by atoms with Gasteiger partial charge in [0.15, 0.2) is 5.58 Å². The number of nitrogens with zero attached hydrogens (tertiary/aromatic N) is 2. The third-order valence-corrected chi connectivity index (χ3v) is 4.65. The van der Waals surface area contributed by atoms with Crippen LogP contribution in [0.3, 0.4) is 0 Å². The number of thioether (sulfide) groups is 1. The van der Waals surface area contributed by atoms with Crippen LogP contribution in [-0.4, -0.2) is 39.9 Å². The summed E-state index contributed by atoms with van der Waals surface area (Å²) in [6.45, 7) is 6.43. The highest BCUT2D eigenvalue weighted by atomic mass is 32.2. The zero-order valence-corrected chi connectivity index (χ0v) is 14.6. The predicted octanol–water partition coefficient (Wildman–Crippen LogP) is 4.32. The molecule has 2 heterocycles. The zero-order chi connectivity index (χ0) is 16.4. The lowest BCUT2D eigenvalue weighted by Crippen LogP contribution is -2.40. The van der Waals surface area contributed by atoms with Crippen molar-refractivity contribution in [3.05, 3.63) is 24.3 Å². The first kappa shape index (κ1) is 16.2. The lowest BCUT2D eigenvalue weighted by Gasteiger charge is -2.28. The van der Waals surface area contributed by atoms with E-state index < -0.39 is 5.60 Å². The van der Waals surface area contributed by atoms with Crippen molar-refractivity contribution in [1.82, 2.24) is 9.88 Å². The van der Waals surface area contributed by atoms with E-state index in [1.807, 2.05) is 49.9 Å². The fourth-order valence-corrected chi connectivity index (χ4v) is 3.64. The first-order valence-corrected chi connectivity index (χ1v) is 8.89. The van der Waals surface area contributed by atoms with Gasteiger partial charge in [-0.25, -0.2) is 9.78 Å². The summed E-state index contributed by atoms with van der Waals surface area (Å²) in [6, 6.07) is 7.90. The van der Waals surface area contributed by atoms with Crippen LogP contribution in [0, 0.1) is 0 Å². The van der Waals surface area contributed by atoms with E-state index in [0.717, 1.165) is 36.2 Å². The van der Waals surface area contributed by atoms with Crippen molar-refractivity contribution in [1.29, 1.82) is 0 Å². The second-order valence-corrected chi connectivity index (χ2v) is 7.70. The molecule has 0 aliphatic carbocycles. The zero-order valence-electron chi connectivity index (χ0n) is 13.7. The number of hydrogen-bond donors (Lipinski definition) is 0. The molecule has 1 aromatic heterocycles. The number of para-hydroxylation sites is 2. The minimum atomic E-state index is -0.461. The summed E-state index contributed by atoms with van der Waals surface area (Å²) in [5.74, 6) is 0.770. The summed E-state index contributed by atoms with van der Waals surface area (Å²) < 4.78 is 11.2. The van der Waals surface area contributed by atoms with Crippen LogP contribution in [0.25, 0.3) is 11.1 Å². The number of oxazole rings is 1. The number of carbonyl (C=O) groups is 1. The molecule has 124 valence electrons. The molecular weight excluding hydrogens is 312 g/mol. The van der Waals surface area contributed by atoms with Crippen molar-refractivity contribution in [2.75, 3.05) is 12.3 Å². The van der Waals surface area contributed by atoms with Crippen molar-refractivity contribution in [2.45, 2.75) is 50.5 Å². The average molecular weight is 334 g/mol. The summed E-state index contributed by atoms with van der Waals surface area (Å²) in [5, 5.41) is 0.655. The summed E-state index contributed by atoms with van der Waals surface area (Å²) in [4.78, 5) is 18.6. The lowest BCUT2D eigenvalue weighted by atomic mass is 10.2. The third-order valence-electron chi connectivity index (χ3n) is 3.68. The number of amides is 1. The van der Waals surface area contributed by atoms with E-state index in [4.69, 9.17) is 9.15 Å². The smallest absolute Gasteiger partial charge is 0.410 e. The number of carbonyl (C=O) groups excluding carboxylic acids is 1. The van der Waals surface area contributed by atoms with Gasteiger partial charge >= 0.3 is 6.09 Å². The van der Waals surface area contributed by atoms with Gasteiger partial charge in [-0.3, -0.25) is 0 Å². The predicted molar refractivity (Wildman–Crippen MR) is 90.7 cm³/mol. The van der Waals surface area contributed by atoms with Gasteiger partial charge in [0, 0.05) is 18.3 Å². The molecule has 1 saturated heterocycles. The van der Waals surface area contributed by atoms with E-state index in [0.29, 0.717) is 5.22 Å². The number of ether oxygens (including phenoxy) is 1. The highest BCUT2D eigenvalue weighted by Gasteiger charge is 2.32. The molecule has 2 aromatic rings. The van der Waals surface area contributed by atoms with Crippen LogP contribution in [0.5, 0.6) is 0 Å². The SMILES string of the molecule is CC(C)(C)OC(=O)N1CCC[C@H]1CSc1nc2ccccc2o1. The Kier molecular flexibility index (Phi) is 4.53. The number of hydrogen-bond acceptors (Lipinski definition) is 5. The van der Waals surface area contributed by atoms with Gasteiger partial charge in [-0.15, -0.1) is 0 Å². The van der Waals surface area contributed by atoms with Gasteiger partial charge in [-0.05, 0) is 45.7 Å². The minimum absolute atomic E-state index is 0.171. The fourth-order valence-electron chi connectivity index (χ4n) is 2.65. The Morgan fingerprint density at radius 2 is 2.22 bits per heavy atom. The number of aromatic nitrogens is 1. The second kappa shape index (κ2) is 6.43. The molecule has 1 amide bonds. The molecule has 0 bridgehead atoms. The molecule has 23 heavy (non-hydrogen) atoms. The Morgan fingerprint density at radius 1 is 1.43 bits per heavy atom. The summed E-state index contributed by atoms with van der Waals surface area (Å²) >= 11 is 1.56. The molecular formula is C17H22N2O3S. The van der Waals surface area contributed by atoms with Crippen LogP contribution in [0.1, 0.15) is 33.6 Å².